The Hall–Kier alpha value is -5.39. The molecule has 242 valence electrons. The van der Waals surface area contributed by atoms with Crippen LogP contribution in [0.25, 0.3) is 27.4 Å². The van der Waals surface area contributed by atoms with Crippen LogP contribution in [0.4, 0.5) is 14.9 Å². The molecule has 0 spiro atoms. The first-order valence-corrected chi connectivity index (χ1v) is 15.7. The number of rotatable bonds is 7. The van der Waals surface area contributed by atoms with Crippen molar-refractivity contribution in [1.82, 2.24) is 24.8 Å². The Morgan fingerprint density at radius 3 is 2.68 bits per heavy atom. The van der Waals surface area contributed by atoms with Crippen LogP contribution in [0.15, 0.2) is 72.2 Å². The van der Waals surface area contributed by atoms with Gasteiger partial charge in [0.15, 0.2) is 17.3 Å². The summed E-state index contributed by atoms with van der Waals surface area (Å²) in [7, 11) is 0. The lowest BCUT2D eigenvalue weighted by atomic mass is 10.0. The molecule has 12 heteroatoms. The Morgan fingerprint density at radius 1 is 1.15 bits per heavy atom. The van der Waals surface area contributed by atoms with Gasteiger partial charge >= 0.3 is 6.09 Å². The number of anilines is 1. The second kappa shape index (κ2) is 11.8. The predicted octanol–water partition coefficient (Wildman–Crippen LogP) is 5.51. The highest BCUT2D eigenvalue weighted by Crippen LogP contribution is 2.48. The van der Waals surface area contributed by atoms with Gasteiger partial charge in [-0.25, -0.2) is 14.2 Å². The van der Waals surface area contributed by atoms with E-state index < -0.39 is 28.8 Å². The van der Waals surface area contributed by atoms with Gasteiger partial charge in [0.2, 0.25) is 5.43 Å². The molecule has 0 aliphatic carbocycles. The van der Waals surface area contributed by atoms with Gasteiger partial charge in [-0.05, 0) is 62.6 Å². The summed E-state index contributed by atoms with van der Waals surface area (Å²) in [6.45, 7) is 7.11. The number of hydrogen-bond acceptors (Lipinski definition) is 7. The van der Waals surface area contributed by atoms with Crippen LogP contribution in [0.3, 0.4) is 0 Å². The molecule has 2 aromatic heterocycles. The molecule has 2 amide bonds. The lowest BCUT2D eigenvalue weighted by molar-refractivity contribution is 0.0508. The van der Waals surface area contributed by atoms with Crippen molar-refractivity contribution in [2.75, 3.05) is 24.5 Å². The van der Waals surface area contributed by atoms with Crippen LogP contribution in [-0.2, 0) is 11.3 Å². The van der Waals surface area contributed by atoms with Crippen LogP contribution >= 0.6 is 0 Å². The standard InChI is InChI=1S/C35H35FN6O5/c1-35(2,3)47-34(45)39-23-9-13-41(18-23)30-26(36)17-24-29-32(30)46-28-16-22-8-5-4-7-21(22)15-27(28)42(29)19-25(31(24)43)33(44)38-10-6-12-40-14-11-37-20-40/h4-5,7-8,11,14-17,19-20,23H,6,9-10,12-13,18H2,1-3H3,(H,38,44)(H,39,45). The van der Waals surface area contributed by atoms with Crippen molar-refractivity contribution >= 4 is 39.4 Å². The molecule has 2 aliphatic rings. The maximum atomic E-state index is 16.2. The van der Waals surface area contributed by atoms with E-state index in [1.165, 1.54) is 12.3 Å². The van der Waals surface area contributed by atoms with E-state index in [4.69, 9.17) is 9.47 Å². The third-order valence-electron chi connectivity index (χ3n) is 8.38. The van der Waals surface area contributed by atoms with Gasteiger partial charge in [0.25, 0.3) is 5.91 Å². The van der Waals surface area contributed by atoms with Gasteiger partial charge in [0.1, 0.15) is 22.4 Å². The van der Waals surface area contributed by atoms with E-state index in [1.54, 1.807) is 37.9 Å². The maximum Gasteiger partial charge on any atom is 0.407 e. The predicted molar refractivity (Wildman–Crippen MR) is 176 cm³/mol. The zero-order valence-corrected chi connectivity index (χ0v) is 26.4. The minimum atomic E-state index is -0.656. The first-order chi connectivity index (χ1) is 22.6. The van der Waals surface area contributed by atoms with Crippen molar-refractivity contribution in [2.24, 2.45) is 0 Å². The molecule has 2 aliphatic heterocycles. The van der Waals surface area contributed by atoms with E-state index in [9.17, 15) is 14.4 Å². The third-order valence-corrected chi connectivity index (χ3v) is 8.38. The summed E-state index contributed by atoms with van der Waals surface area (Å²) >= 11 is 0. The van der Waals surface area contributed by atoms with Gasteiger partial charge < -0.3 is 34.1 Å². The first-order valence-electron chi connectivity index (χ1n) is 15.7. The Bertz CT molecular complexity index is 2090. The molecule has 5 aromatic rings. The van der Waals surface area contributed by atoms with Gasteiger partial charge in [-0.1, -0.05) is 24.3 Å². The van der Waals surface area contributed by atoms with Crippen molar-refractivity contribution in [1.29, 1.82) is 0 Å². The molecule has 2 N–H and O–H groups in total. The van der Waals surface area contributed by atoms with Crippen LogP contribution in [-0.4, -0.2) is 57.4 Å². The number of carbonyl (C=O) groups is 2. The topological polar surface area (TPSA) is 120 Å². The molecule has 1 atom stereocenters. The van der Waals surface area contributed by atoms with Crippen LogP contribution < -0.4 is 25.7 Å². The number of nitrogens with zero attached hydrogens (tertiary/aromatic N) is 4. The number of imidazole rings is 1. The zero-order chi connectivity index (χ0) is 32.9. The highest BCUT2D eigenvalue weighted by Gasteiger charge is 2.34. The van der Waals surface area contributed by atoms with Crippen molar-refractivity contribution in [3.63, 3.8) is 0 Å². The molecule has 0 radical (unpaired) electrons. The normalized spacial score (nSPS) is 15.4. The van der Waals surface area contributed by atoms with E-state index >= 15 is 4.39 Å². The van der Waals surface area contributed by atoms with Crippen molar-refractivity contribution in [2.45, 2.75) is 51.8 Å². The number of hydrogen-bond donors (Lipinski definition) is 2. The number of aryl methyl sites for hydroxylation is 1. The molecule has 1 unspecified atom stereocenters. The lowest BCUT2D eigenvalue weighted by Gasteiger charge is -2.29. The first kappa shape index (κ1) is 30.3. The molecule has 47 heavy (non-hydrogen) atoms. The quantitative estimate of drug-likeness (QED) is 0.222. The van der Waals surface area contributed by atoms with Gasteiger partial charge in [-0.3, -0.25) is 9.59 Å². The molecular weight excluding hydrogens is 603 g/mol. The minimum Gasteiger partial charge on any atom is -0.451 e. The molecule has 3 aromatic carbocycles. The fraction of sp³-hybridized carbons (Fsp3) is 0.314. The number of aromatic nitrogens is 3. The summed E-state index contributed by atoms with van der Waals surface area (Å²) in [4.78, 5) is 45.6. The largest absolute Gasteiger partial charge is 0.451 e. The third kappa shape index (κ3) is 5.86. The monoisotopic (exact) mass is 638 g/mol. The number of ether oxygens (including phenoxy) is 2. The summed E-state index contributed by atoms with van der Waals surface area (Å²) in [5.41, 5.74) is -0.152. The number of amides is 2. The van der Waals surface area contributed by atoms with Crippen LogP contribution in [0, 0.1) is 5.82 Å². The summed E-state index contributed by atoms with van der Waals surface area (Å²) in [6.07, 6.45) is 7.40. The Kier molecular flexibility index (Phi) is 7.57. The van der Waals surface area contributed by atoms with Gasteiger partial charge in [-0.15, -0.1) is 0 Å². The van der Waals surface area contributed by atoms with Gasteiger partial charge in [0.05, 0.1) is 23.4 Å². The highest BCUT2D eigenvalue weighted by molar-refractivity contribution is 6.02. The number of carbonyl (C=O) groups excluding carboxylic acids is 2. The van der Waals surface area contributed by atoms with E-state index in [-0.39, 0.29) is 28.4 Å². The molecule has 7 rings (SSSR count). The van der Waals surface area contributed by atoms with E-state index in [0.717, 1.165) is 10.8 Å². The number of halogens is 1. The summed E-state index contributed by atoms with van der Waals surface area (Å²) < 4.78 is 31.8. The second-order valence-corrected chi connectivity index (χ2v) is 12.9. The molecule has 0 bridgehead atoms. The van der Waals surface area contributed by atoms with Gasteiger partial charge in [-0.2, -0.15) is 0 Å². The number of fused-ring (bicyclic) bond motifs is 3. The molecule has 11 nitrogen and oxygen atoms in total. The van der Waals surface area contributed by atoms with E-state index in [0.29, 0.717) is 56.0 Å². The average Bonchev–Trinajstić information content (AvgIpc) is 3.71. The SMILES string of the molecule is CC(C)(C)OC(=O)NC1CCN(c2c(F)cc3c(=O)c(C(=O)NCCCn4ccnc4)cn4c3c2Oc2cc3ccccc3cc2-4)C1. The Labute approximate surface area is 269 Å². The second-order valence-electron chi connectivity index (χ2n) is 12.9. The van der Waals surface area contributed by atoms with E-state index in [1.807, 2.05) is 52.1 Å². The Morgan fingerprint density at radius 2 is 1.94 bits per heavy atom. The smallest absolute Gasteiger partial charge is 0.407 e. The fourth-order valence-electron chi connectivity index (χ4n) is 6.28. The van der Waals surface area contributed by atoms with Crippen LogP contribution in [0.2, 0.25) is 0 Å². The van der Waals surface area contributed by atoms with E-state index in [2.05, 4.69) is 15.6 Å². The Balaban J connectivity index is 1.28. The average molecular weight is 639 g/mol. The van der Waals surface area contributed by atoms with Crippen molar-refractivity contribution in [3.8, 4) is 17.2 Å². The number of nitrogens with one attached hydrogen (secondary N) is 2. The van der Waals surface area contributed by atoms with Crippen molar-refractivity contribution < 1.29 is 23.5 Å². The summed E-state index contributed by atoms with van der Waals surface area (Å²) in [5, 5.41) is 7.62. The summed E-state index contributed by atoms with van der Waals surface area (Å²) in [6, 6.07) is 12.5. The zero-order valence-electron chi connectivity index (χ0n) is 26.4. The lowest BCUT2D eigenvalue weighted by Crippen LogP contribution is -2.40. The number of benzene rings is 3. The van der Waals surface area contributed by atoms with Crippen LogP contribution in [0.1, 0.15) is 44.0 Å². The van der Waals surface area contributed by atoms with Crippen LogP contribution in [0.5, 0.6) is 11.5 Å². The molecular formula is C35H35FN6O5. The summed E-state index contributed by atoms with van der Waals surface area (Å²) in [5.74, 6) is -0.551. The maximum absolute atomic E-state index is 16.2. The minimum absolute atomic E-state index is 0.0359. The molecule has 1 saturated heterocycles. The highest BCUT2D eigenvalue weighted by atomic mass is 19.1. The number of alkyl carbamates (subject to hydrolysis) is 1. The van der Waals surface area contributed by atoms with Gasteiger partial charge in [0, 0.05) is 44.8 Å². The molecule has 1 fully saturated rings. The van der Waals surface area contributed by atoms with Crippen molar-refractivity contribution in [3.05, 3.63) is 89.0 Å². The fourth-order valence-corrected chi connectivity index (χ4v) is 6.28. The molecule has 0 saturated carbocycles. The molecule has 4 heterocycles. The number of pyridine rings is 1.